The van der Waals surface area contributed by atoms with Crippen molar-refractivity contribution >= 4 is 32.6 Å². The monoisotopic (exact) mass is 603 g/mol. The van der Waals surface area contributed by atoms with E-state index in [9.17, 15) is 0 Å². The van der Waals surface area contributed by atoms with Crippen LogP contribution in [0, 0.1) is 0 Å². The van der Waals surface area contributed by atoms with E-state index >= 15 is 0 Å². The maximum atomic E-state index is 5.58. The van der Waals surface area contributed by atoms with E-state index in [2.05, 4.69) is 160 Å². The lowest BCUT2D eigenvalue weighted by Crippen LogP contribution is -2.18. The van der Waals surface area contributed by atoms with E-state index in [1.54, 1.807) is 0 Å². The Kier molecular flexibility index (Phi) is 5.13. The largest absolute Gasteiger partial charge is 0.293 e. The van der Waals surface area contributed by atoms with E-state index in [1.165, 1.54) is 54.9 Å². The molecule has 0 N–H and O–H groups in total. The molecule has 0 aliphatic heterocycles. The SMILES string of the molecule is CC1(C)c2ccccc2-c2ccc(-c3nc(-n4c5ccccc5c5cc6ccccc6cc54)c4c(n3)C(C)(C)c3ccccc3-4)cc21. The summed E-state index contributed by atoms with van der Waals surface area (Å²) in [5, 5.41) is 4.92. The zero-order valence-electron chi connectivity index (χ0n) is 27.0. The number of hydrogen-bond donors (Lipinski definition) is 0. The topological polar surface area (TPSA) is 30.7 Å². The second kappa shape index (κ2) is 9.04. The van der Waals surface area contributed by atoms with Gasteiger partial charge in [-0.05, 0) is 68.4 Å². The van der Waals surface area contributed by atoms with Gasteiger partial charge in [0.25, 0.3) is 0 Å². The second-order valence-corrected chi connectivity index (χ2v) is 14.3. The van der Waals surface area contributed by atoms with Crippen LogP contribution >= 0.6 is 0 Å². The van der Waals surface area contributed by atoms with Gasteiger partial charge in [-0.1, -0.05) is 131 Å². The van der Waals surface area contributed by atoms with E-state index in [0.717, 1.165) is 39.5 Å². The molecule has 10 rings (SSSR count). The molecule has 0 saturated heterocycles. The van der Waals surface area contributed by atoms with Crippen molar-refractivity contribution < 1.29 is 0 Å². The van der Waals surface area contributed by atoms with Gasteiger partial charge in [-0.15, -0.1) is 0 Å². The van der Waals surface area contributed by atoms with Crippen molar-refractivity contribution in [1.29, 1.82) is 0 Å². The highest BCUT2D eigenvalue weighted by molar-refractivity contribution is 6.14. The van der Waals surface area contributed by atoms with E-state index in [1.807, 2.05) is 0 Å². The molecule has 0 atom stereocenters. The maximum absolute atomic E-state index is 5.58. The molecular formula is C44H33N3. The molecule has 224 valence electrons. The summed E-state index contributed by atoms with van der Waals surface area (Å²) >= 11 is 0. The summed E-state index contributed by atoms with van der Waals surface area (Å²) in [6, 6.07) is 46.5. The molecule has 0 radical (unpaired) electrons. The first-order valence-corrected chi connectivity index (χ1v) is 16.5. The number of fused-ring (bicyclic) bond motifs is 10. The summed E-state index contributed by atoms with van der Waals surface area (Å²) in [7, 11) is 0. The highest BCUT2D eigenvalue weighted by Crippen LogP contribution is 2.52. The zero-order chi connectivity index (χ0) is 31.7. The molecule has 0 saturated carbocycles. The van der Waals surface area contributed by atoms with Gasteiger partial charge >= 0.3 is 0 Å². The molecule has 0 amide bonds. The average molecular weight is 604 g/mol. The molecule has 2 aliphatic rings. The number of benzene rings is 6. The maximum Gasteiger partial charge on any atom is 0.161 e. The Bertz CT molecular complexity index is 2640. The molecule has 0 fully saturated rings. The van der Waals surface area contributed by atoms with Crippen LogP contribution in [0.15, 0.2) is 127 Å². The number of para-hydroxylation sites is 1. The van der Waals surface area contributed by atoms with Crippen molar-refractivity contribution in [3.63, 3.8) is 0 Å². The fraction of sp³-hybridized carbons (Fsp3) is 0.136. The van der Waals surface area contributed by atoms with Gasteiger partial charge in [0, 0.05) is 32.7 Å². The average Bonchev–Trinajstić information content (AvgIpc) is 3.63. The Labute approximate surface area is 274 Å². The van der Waals surface area contributed by atoms with E-state index in [4.69, 9.17) is 9.97 Å². The molecule has 8 aromatic rings. The molecule has 0 unspecified atom stereocenters. The minimum Gasteiger partial charge on any atom is -0.293 e. The predicted molar refractivity (Wildman–Crippen MR) is 194 cm³/mol. The molecule has 2 aliphatic carbocycles. The summed E-state index contributed by atoms with van der Waals surface area (Å²) in [5.74, 6) is 1.70. The van der Waals surface area contributed by atoms with Gasteiger partial charge in [0.05, 0.1) is 16.7 Å². The van der Waals surface area contributed by atoms with Crippen LogP contribution in [0.4, 0.5) is 0 Å². The summed E-state index contributed by atoms with van der Waals surface area (Å²) in [6.07, 6.45) is 0. The van der Waals surface area contributed by atoms with E-state index in [-0.39, 0.29) is 10.8 Å². The van der Waals surface area contributed by atoms with Gasteiger partial charge in [0.1, 0.15) is 5.82 Å². The lowest BCUT2D eigenvalue weighted by atomic mass is 9.82. The molecule has 47 heavy (non-hydrogen) atoms. The first kappa shape index (κ1) is 26.7. The van der Waals surface area contributed by atoms with Crippen LogP contribution < -0.4 is 0 Å². The van der Waals surface area contributed by atoms with Crippen molar-refractivity contribution in [3.8, 4) is 39.5 Å². The Hall–Kier alpha value is -5.54. The van der Waals surface area contributed by atoms with E-state index in [0.29, 0.717) is 0 Å². The third-order valence-corrected chi connectivity index (χ3v) is 10.9. The molecular weight excluding hydrogens is 571 g/mol. The summed E-state index contributed by atoms with van der Waals surface area (Å²) < 4.78 is 2.40. The fourth-order valence-electron chi connectivity index (χ4n) is 8.54. The van der Waals surface area contributed by atoms with Crippen molar-refractivity contribution in [1.82, 2.24) is 14.5 Å². The number of rotatable bonds is 2. The van der Waals surface area contributed by atoms with Crippen molar-refractivity contribution in [2.24, 2.45) is 0 Å². The number of hydrogen-bond acceptors (Lipinski definition) is 2. The first-order valence-electron chi connectivity index (χ1n) is 16.5. The summed E-state index contributed by atoms with van der Waals surface area (Å²) in [6.45, 7) is 9.28. The van der Waals surface area contributed by atoms with Gasteiger partial charge in [0.15, 0.2) is 5.82 Å². The van der Waals surface area contributed by atoms with E-state index < -0.39 is 0 Å². The highest BCUT2D eigenvalue weighted by Gasteiger charge is 2.41. The zero-order valence-corrected chi connectivity index (χ0v) is 27.0. The third-order valence-electron chi connectivity index (χ3n) is 10.9. The number of aromatic nitrogens is 3. The molecule has 3 heteroatoms. The highest BCUT2D eigenvalue weighted by atomic mass is 15.1. The molecule has 2 aromatic heterocycles. The molecule has 6 aromatic carbocycles. The standard InChI is InChI=1S/C44H33N3/c1-43(2)34-18-10-7-15-29(34)30-22-21-28(24-36(30)43)41-45-40-39(32-17-8-11-19-35(32)44(40,3)4)42(46-41)47-37-20-12-9-16-31(37)33-23-26-13-5-6-14-27(26)25-38(33)47/h5-25H,1-4H3. The normalized spacial score (nSPS) is 15.1. The minimum absolute atomic E-state index is 0.106. The number of nitrogens with zero attached hydrogens (tertiary/aromatic N) is 3. The Balaban J connectivity index is 1.31. The first-order chi connectivity index (χ1) is 22.8. The van der Waals surface area contributed by atoms with Crippen LogP contribution in [0.25, 0.3) is 72.0 Å². The minimum atomic E-state index is -0.282. The summed E-state index contributed by atoms with van der Waals surface area (Å²) in [5.41, 5.74) is 13.0. The van der Waals surface area contributed by atoms with Gasteiger partial charge < -0.3 is 0 Å². The van der Waals surface area contributed by atoms with Crippen molar-refractivity contribution in [2.45, 2.75) is 38.5 Å². The smallest absolute Gasteiger partial charge is 0.161 e. The lowest BCUT2D eigenvalue weighted by molar-refractivity contribution is 0.635. The van der Waals surface area contributed by atoms with Gasteiger partial charge in [0.2, 0.25) is 0 Å². The molecule has 0 spiro atoms. The Morgan fingerprint density at radius 1 is 0.489 bits per heavy atom. The van der Waals surface area contributed by atoms with Crippen LogP contribution in [0.3, 0.4) is 0 Å². The van der Waals surface area contributed by atoms with Crippen LogP contribution in [-0.4, -0.2) is 14.5 Å². The second-order valence-electron chi connectivity index (χ2n) is 14.3. The third kappa shape index (κ3) is 3.46. The van der Waals surface area contributed by atoms with Gasteiger partial charge in [-0.2, -0.15) is 0 Å². The summed E-state index contributed by atoms with van der Waals surface area (Å²) in [4.78, 5) is 11.0. The lowest BCUT2D eigenvalue weighted by Gasteiger charge is -2.23. The Morgan fingerprint density at radius 2 is 1.13 bits per heavy atom. The quantitative estimate of drug-likeness (QED) is 0.197. The van der Waals surface area contributed by atoms with Crippen LogP contribution in [0.5, 0.6) is 0 Å². The van der Waals surface area contributed by atoms with Gasteiger partial charge in [-0.3, -0.25) is 4.57 Å². The molecule has 3 nitrogen and oxygen atoms in total. The van der Waals surface area contributed by atoms with Crippen molar-refractivity contribution in [2.75, 3.05) is 0 Å². The van der Waals surface area contributed by atoms with Gasteiger partial charge in [-0.25, -0.2) is 9.97 Å². The van der Waals surface area contributed by atoms with Crippen LogP contribution in [-0.2, 0) is 10.8 Å². The molecule has 0 bridgehead atoms. The van der Waals surface area contributed by atoms with Crippen molar-refractivity contribution in [3.05, 3.63) is 150 Å². The fourth-order valence-corrected chi connectivity index (χ4v) is 8.54. The Morgan fingerprint density at radius 3 is 1.94 bits per heavy atom. The molecule has 2 heterocycles. The van der Waals surface area contributed by atoms with Crippen LogP contribution in [0.2, 0.25) is 0 Å². The predicted octanol–water partition coefficient (Wildman–Crippen LogP) is 11.0. The van der Waals surface area contributed by atoms with Crippen LogP contribution in [0.1, 0.15) is 50.1 Å².